The van der Waals surface area contributed by atoms with E-state index < -0.39 is 0 Å². The van der Waals surface area contributed by atoms with Crippen LogP contribution in [0.25, 0.3) is 10.6 Å². The summed E-state index contributed by atoms with van der Waals surface area (Å²) in [4.78, 5) is 20.7. The molecule has 132 valence electrons. The summed E-state index contributed by atoms with van der Waals surface area (Å²) < 4.78 is 5.21. The molecule has 0 N–H and O–H groups in total. The molecule has 0 saturated carbocycles. The minimum absolute atomic E-state index is 0.0926. The molecule has 2 aromatic carbocycles. The van der Waals surface area contributed by atoms with Crippen LogP contribution >= 0.6 is 11.3 Å². The number of methoxy groups -OCH3 is 1. The number of rotatable bonds is 3. The van der Waals surface area contributed by atoms with E-state index in [9.17, 15) is 4.79 Å². The van der Waals surface area contributed by atoms with Gasteiger partial charge in [0.25, 0.3) is 5.91 Å². The Morgan fingerprint density at radius 3 is 2.54 bits per heavy atom. The topological polar surface area (TPSA) is 42.4 Å². The summed E-state index contributed by atoms with van der Waals surface area (Å²) in [6.07, 6.45) is 0.805. The molecular formula is C21H20N2O2S. The molecule has 26 heavy (non-hydrogen) atoms. The maximum absolute atomic E-state index is 12.8. The Morgan fingerprint density at radius 1 is 1.12 bits per heavy atom. The van der Waals surface area contributed by atoms with Gasteiger partial charge >= 0.3 is 0 Å². The summed E-state index contributed by atoms with van der Waals surface area (Å²) in [6.45, 7) is 3.38. The first kappa shape index (κ1) is 16.8. The predicted octanol–water partition coefficient (Wildman–Crippen LogP) is 4.33. The van der Waals surface area contributed by atoms with Crippen molar-refractivity contribution in [1.82, 2.24) is 9.88 Å². The molecule has 1 aromatic heterocycles. The molecular weight excluding hydrogens is 344 g/mol. The van der Waals surface area contributed by atoms with Crippen molar-refractivity contribution in [3.05, 3.63) is 70.2 Å². The van der Waals surface area contributed by atoms with Gasteiger partial charge in [0.1, 0.15) is 10.8 Å². The van der Waals surface area contributed by atoms with Crippen LogP contribution in [0.1, 0.15) is 26.5 Å². The van der Waals surface area contributed by atoms with E-state index in [1.54, 1.807) is 18.4 Å². The van der Waals surface area contributed by atoms with Crippen molar-refractivity contribution in [3.8, 4) is 16.3 Å². The van der Waals surface area contributed by atoms with Gasteiger partial charge in [0.15, 0.2) is 0 Å². The lowest BCUT2D eigenvalue weighted by Gasteiger charge is -2.26. The first-order valence-corrected chi connectivity index (χ1v) is 9.44. The van der Waals surface area contributed by atoms with Gasteiger partial charge in [-0.1, -0.05) is 17.7 Å². The highest BCUT2D eigenvalue weighted by atomic mass is 32.1. The summed E-state index contributed by atoms with van der Waals surface area (Å²) in [5.74, 6) is 0.931. The first-order valence-electron chi connectivity index (χ1n) is 8.63. The SMILES string of the molecule is COc1ccc(-c2nc3c(s2)CN(C(=O)c2ccc(C)cc2)CC3)cc1. The number of fused-ring (bicyclic) bond motifs is 1. The van der Waals surface area contributed by atoms with Gasteiger partial charge in [-0.25, -0.2) is 4.98 Å². The van der Waals surface area contributed by atoms with Crippen molar-refractivity contribution in [2.24, 2.45) is 0 Å². The molecule has 0 radical (unpaired) electrons. The third-order valence-electron chi connectivity index (χ3n) is 4.65. The number of benzene rings is 2. The van der Waals surface area contributed by atoms with Gasteiger partial charge < -0.3 is 9.64 Å². The van der Waals surface area contributed by atoms with Crippen LogP contribution in [-0.2, 0) is 13.0 Å². The van der Waals surface area contributed by atoms with Gasteiger partial charge in [-0.2, -0.15) is 0 Å². The smallest absolute Gasteiger partial charge is 0.254 e. The van der Waals surface area contributed by atoms with Crippen LogP contribution in [0.2, 0.25) is 0 Å². The van der Waals surface area contributed by atoms with Gasteiger partial charge in [0.2, 0.25) is 0 Å². The number of hydrogen-bond donors (Lipinski definition) is 0. The quantitative estimate of drug-likeness (QED) is 0.695. The van der Waals surface area contributed by atoms with Crippen LogP contribution in [0.3, 0.4) is 0 Å². The number of carbonyl (C=O) groups excluding carboxylic acids is 1. The zero-order valence-corrected chi connectivity index (χ0v) is 15.7. The Hall–Kier alpha value is -2.66. The number of carbonyl (C=O) groups is 1. The molecule has 0 spiro atoms. The van der Waals surface area contributed by atoms with E-state index in [2.05, 4.69) is 0 Å². The highest BCUT2D eigenvalue weighted by Crippen LogP contribution is 2.32. The molecule has 0 aliphatic carbocycles. The van der Waals surface area contributed by atoms with Crippen molar-refractivity contribution in [2.75, 3.05) is 13.7 Å². The predicted molar refractivity (Wildman–Crippen MR) is 104 cm³/mol. The average Bonchev–Trinajstić information content (AvgIpc) is 3.11. The third-order valence-corrected chi connectivity index (χ3v) is 5.79. The maximum atomic E-state index is 12.8. The Kier molecular flexibility index (Phi) is 4.47. The molecule has 1 aliphatic heterocycles. The van der Waals surface area contributed by atoms with Gasteiger partial charge in [-0.15, -0.1) is 11.3 Å². The van der Waals surface area contributed by atoms with E-state index in [-0.39, 0.29) is 5.91 Å². The van der Waals surface area contributed by atoms with E-state index >= 15 is 0 Å². The summed E-state index contributed by atoms with van der Waals surface area (Å²) in [5.41, 5.74) is 4.11. The molecule has 1 aliphatic rings. The largest absolute Gasteiger partial charge is 0.497 e. The zero-order chi connectivity index (χ0) is 18.1. The fourth-order valence-corrected chi connectivity index (χ4v) is 4.23. The van der Waals surface area contributed by atoms with Crippen molar-refractivity contribution in [3.63, 3.8) is 0 Å². The number of aromatic nitrogens is 1. The molecule has 0 saturated heterocycles. The van der Waals surface area contributed by atoms with Gasteiger partial charge in [0, 0.05) is 29.0 Å². The lowest BCUT2D eigenvalue weighted by molar-refractivity contribution is 0.0736. The lowest BCUT2D eigenvalue weighted by atomic mass is 10.1. The van der Waals surface area contributed by atoms with Crippen LogP contribution < -0.4 is 4.74 Å². The minimum Gasteiger partial charge on any atom is -0.497 e. The number of nitrogens with zero attached hydrogens (tertiary/aromatic N) is 2. The minimum atomic E-state index is 0.0926. The van der Waals surface area contributed by atoms with E-state index in [1.807, 2.05) is 60.4 Å². The number of ether oxygens (including phenoxy) is 1. The van der Waals surface area contributed by atoms with Crippen LogP contribution in [0, 0.1) is 6.92 Å². The Morgan fingerprint density at radius 2 is 1.85 bits per heavy atom. The van der Waals surface area contributed by atoms with Gasteiger partial charge in [-0.05, 0) is 43.3 Å². The summed E-state index contributed by atoms with van der Waals surface area (Å²) in [7, 11) is 1.66. The van der Waals surface area contributed by atoms with E-state index in [1.165, 1.54) is 4.88 Å². The zero-order valence-electron chi connectivity index (χ0n) is 14.9. The maximum Gasteiger partial charge on any atom is 0.254 e. The molecule has 0 atom stereocenters. The van der Waals surface area contributed by atoms with Crippen molar-refractivity contribution < 1.29 is 9.53 Å². The molecule has 2 heterocycles. The van der Waals surface area contributed by atoms with Crippen molar-refractivity contribution in [1.29, 1.82) is 0 Å². The molecule has 0 bridgehead atoms. The Labute approximate surface area is 157 Å². The first-order chi connectivity index (χ1) is 12.6. The summed E-state index contributed by atoms with van der Waals surface area (Å²) >= 11 is 1.67. The standard InChI is InChI=1S/C21H20N2O2S/c1-14-3-5-16(6-4-14)21(24)23-12-11-18-19(13-23)26-20(22-18)15-7-9-17(25-2)10-8-15/h3-10H,11-13H2,1-2H3. The van der Waals surface area contributed by atoms with Gasteiger partial charge in [-0.3, -0.25) is 4.79 Å². The normalized spacial score (nSPS) is 13.4. The number of aryl methyl sites for hydroxylation is 1. The van der Waals surface area contributed by atoms with Gasteiger partial charge in [0.05, 0.1) is 19.3 Å². The molecule has 3 aromatic rings. The highest BCUT2D eigenvalue weighted by molar-refractivity contribution is 7.15. The van der Waals surface area contributed by atoms with Crippen LogP contribution in [0.15, 0.2) is 48.5 Å². The van der Waals surface area contributed by atoms with E-state index in [4.69, 9.17) is 9.72 Å². The summed E-state index contributed by atoms with van der Waals surface area (Å²) in [6, 6.07) is 15.7. The fourth-order valence-electron chi connectivity index (χ4n) is 3.10. The Balaban J connectivity index is 1.54. The van der Waals surface area contributed by atoms with E-state index in [0.717, 1.165) is 39.6 Å². The van der Waals surface area contributed by atoms with Crippen molar-refractivity contribution >= 4 is 17.2 Å². The van der Waals surface area contributed by atoms with Crippen LogP contribution in [0.4, 0.5) is 0 Å². The molecule has 0 fully saturated rings. The number of amides is 1. The average molecular weight is 364 g/mol. The second-order valence-electron chi connectivity index (χ2n) is 6.46. The Bertz CT molecular complexity index is 930. The monoisotopic (exact) mass is 364 g/mol. The lowest BCUT2D eigenvalue weighted by Crippen LogP contribution is -2.35. The van der Waals surface area contributed by atoms with Crippen LogP contribution in [-0.4, -0.2) is 29.4 Å². The fraction of sp³-hybridized carbons (Fsp3) is 0.238. The second kappa shape index (κ2) is 6.92. The molecule has 4 rings (SSSR count). The molecule has 4 nitrogen and oxygen atoms in total. The molecule has 1 amide bonds. The van der Waals surface area contributed by atoms with Crippen LogP contribution in [0.5, 0.6) is 5.75 Å². The number of hydrogen-bond acceptors (Lipinski definition) is 4. The third kappa shape index (κ3) is 3.22. The van der Waals surface area contributed by atoms with Crippen molar-refractivity contribution in [2.45, 2.75) is 19.9 Å². The second-order valence-corrected chi connectivity index (χ2v) is 7.54. The molecule has 5 heteroatoms. The summed E-state index contributed by atoms with van der Waals surface area (Å²) in [5, 5.41) is 1.00. The number of thiazole rings is 1. The van der Waals surface area contributed by atoms with E-state index in [0.29, 0.717) is 13.1 Å². The highest BCUT2D eigenvalue weighted by Gasteiger charge is 2.25. The molecule has 0 unspecified atom stereocenters.